The summed E-state index contributed by atoms with van der Waals surface area (Å²) >= 11 is 1.72. The van der Waals surface area contributed by atoms with Gasteiger partial charge in [0.15, 0.2) is 0 Å². The Morgan fingerprint density at radius 3 is 2.95 bits per heavy atom. The van der Waals surface area contributed by atoms with Crippen molar-refractivity contribution in [2.75, 3.05) is 13.6 Å². The second kappa shape index (κ2) is 7.57. The summed E-state index contributed by atoms with van der Waals surface area (Å²) in [6.07, 6.45) is 2.92. The fourth-order valence-electron chi connectivity index (χ4n) is 2.11. The normalized spacial score (nSPS) is 11.4. The van der Waals surface area contributed by atoms with Crippen molar-refractivity contribution in [2.45, 2.75) is 39.9 Å². The molecule has 4 nitrogen and oxygen atoms in total. The van der Waals surface area contributed by atoms with Gasteiger partial charge in [-0.25, -0.2) is 4.98 Å². The standard InChI is InChI=1S/C15H23N3OS/c1-4-6-16-8-14-13(5-7-19-14)9-18(3)10-15-12(2)17-11-20-15/h5,7,11,16H,4,6,8-10H2,1-3H3. The molecule has 2 rings (SSSR count). The molecule has 2 aromatic rings. The van der Waals surface area contributed by atoms with E-state index in [2.05, 4.69) is 42.2 Å². The van der Waals surface area contributed by atoms with Gasteiger partial charge in [-0.3, -0.25) is 4.90 Å². The summed E-state index contributed by atoms with van der Waals surface area (Å²) in [6, 6.07) is 2.07. The molecule has 0 bridgehead atoms. The Kier molecular flexibility index (Phi) is 5.76. The zero-order chi connectivity index (χ0) is 14.4. The van der Waals surface area contributed by atoms with Crippen molar-refractivity contribution in [3.05, 3.63) is 39.7 Å². The number of hydrogen-bond donors (Lipinski definition) is 1. The molecule has 20 heavy (non-hydrogen) atoms. The Morgan fingerprint density at radius 2 is 2.25 bits per heavy atom. The molecule has 0 aliphatic rings. The molecule has 0 saturated carbocycles. The smallest absolute Gasteiger partial charge is 0.122 e. The largest absolute Gasteiger partial charge is 0.468 e. The molecule has 0 radical (unpaired) electrons. The first-order chi connectivity index (χ1) is 9.70. The minimum absolute atomic E-state index is 0.809. The SMILES string of the molecule is CCCNCc1occc1CN(C)Cc1scnc1C. The Labute approximate surface area is 124 Å². The molecule has 0 aliphatic carbocycles. The highest BCUT2D eigenvalue weighted by Crippen LogP contribution is 2.17. The Morgan fingerprint density at radius 1 is 1.40 bits per heavy atom. The molecule has 0 spiro atoms. The van der Waals surface area contributed by atoms with Crippen molar-refractivity contribution >= 4 is 11.3 Å². The first-order valence-corrected chi connectivity index (χ1v) is 7.92. The predicted octanol–water partition coefficient (Wildman–Crippen LogP) is 3.18. The second-order valence-corrected chi connectivity index (χ2v) is 6.02. The van der Waals surface area contributed by atoms with E-state index in [4.69, 9.17) is 4.42 Å². The van der Waals surface area contributed by atoms with E-state index in [0.29, 0.717) is 0 Å². The molecule has 0 fully saturated rings. The lowest BCUT2D eigenvalue weighted by molar-refractivity contribution is 0.316. The van der Waals surface area contributed by atoms with Crippen LogP contribution in [0.15, 0.2) is 22.3 Å². The van der Waals surface area contributed by atoms with Crippen LogP contribution in [-0.2, 0) is 19.6 Å². The number of thiazole rings is 1. The summed E-state index contributed by atoms with van der Waals surface area (Å²) in [5.41, 5.74) is 4.31. The molecule has 0 unspecified atom stereocenters. The fourth-order valence-corrected chi connectivity index (χ4v) is 2.97. The topological polar surface area (TPSA) is 41.3 Å². The Balaban J connectivity index is 1.89. The van der Waals surface area contributed by atoms with Gasteiger partial charge in [0.05, 0.1) is 24.0 Å². The lowest BCUT2D eigenvalue weighted by atomic mass is 10.2. The summed E-state index contributed by atoms with van der Waals surface area (Å²) in [5.74, 6) is 1.05. The van der Waals surface area contributed by atoms with Gasteiger partial charge >= 0.3 is 0 Å². The highest BCUT2D eigenvalue weighted by molar-refractivity contribution is 7.09. The van der Waals surface area contributed by atoms with Gasteiger partial charge in [-0.15, -0.1) is 11.3 Å². The molecular formula is C15H23N3OS. The van der Waals surface area contributed by atoms with Crippen LogP contribution in [0.3, 0.4) is 0 Å². The third-order valence-corrected chi connectivity index (χ3v) is 4.17. The average molecular weight is 293 g/mol. The molecule has 2 aromatic heterocycles. The summed E-state index contributed by atoms with van der Waals surface area (Å²) in [6.45, 7) is 7.90. The van der Waals surface area contributed by atoms with Gasteiger partial charge in [0.1, 0.15) is 5.76 Å². The van der Waals surface area contributed by atoms with E-state index < -0.39 is 0 Å². The molecule has 1 N–H and O–H groups in total. The van der Waals surface area contributed by atoms with Crippen molar-refractivity contribution in [3.63, 3.8) is 0 Å². The molecule has 0 atom stereocenters. The van der Waals surface area contributed by atoms with E-state index in [0.717, 1.165) is 44.1 Å². The van der Waals surface area contributed by atoms with E-state index in [9.17, 15) is 0 Å². The maximum Gasteiger partial charge on any atom is 0.122 e. The van der Waals surface area contributed by atoms with Gasteiger partial charge in [0, 0.05) is 23.5 Å². The molecule has 2 heterocycles. The van der Waals surface area contributed by atoms with E-state index in [1.54, 1.807) is 17.6 Å². The average Bonchev–Trinajstić information content (AvgIpc) is 3.01. The molecular weight excluding hydrogens is 270 g/mol. The van der Waals surface area contributed by atoms with Crippen LogP contribution in [0.25, 0.3) is 0 Å². The molecule has 0 aromatic carbocycles. The van der Waals surface area contributed by atoms with Gasteiger partial charge < -0.3 is 9.73 Å². The molecule has 0 amide bonds. The highest BCUT2D eigenvalue weighted by atomic mass is 32.1. The number of rotatable bonds is 8. The zero-order valence-electron chi connectivity index (χ0n) is 12.5. The summed E-state index contributed by atoms with van der Waals surface area (Å²) in [5, 5.41) is 3.39. The van der Waals surface area contributed by atoms with Crippen LogP contribution in [0.5, 0.6) is 0 Å². The van der Waals surface area contributed by atoms with E-state index >= 15 is 0 Å². The van der Waals surface area contributed by atoms with Crippen LogP contribution >= 0.6 is 11.3 Å². The van der Waals surface area contributed by atoms with Crippen LogP contribution in [0.1, 0.15) is 35.2 Å². The van der Waals surface area contributed by atoms with Crippen molar-refractivity contribution < 1.29 is 4.42 Å². The maximum absolute atomic E-state index is 5.57. The van der Waals surface area contributed by atoms with Crippen LogP contribution in [0.4, 0.5) is 0 Å². The second-order valence-electron chi connectivity index (χ2n) is 5.08. The number of furan rings is 1. The van der Waals surface area contributed by atoms with Crippen LogP contribution in [0.2, 0.25) is 0 Å². The van der Waals surface area contributed by atoms with Crippen molar-refractivity contribution in [3.8, 4) is 0 Å². The molecule has 110 valence electrons. The number of nitrogens with zero attached hydrogens (tertiary/aromatic N) is 2. The van der Waals surface area contributed by atoms with Gasteiger partial charge in [-0.2, -0.15) is 0 Å². The van der Waals surface area contributed by atoms with Crippen LogP contribution in [0, 0.1) is 6.92 Å². The number of aryl methyl sites for hydroxylation is 1. The molecule has 0 saturated heterocycles. The van der Waals surface area contributed by atoms with Crippen molar-refractivity contribution in [1.82, 2.24) is 15.2 Å². The lowest BCUT2D eigenvalue weighted by Gasteiger charge is -2.16. The van der Waals surface area contributed by atoms with Crippen LogP contribution in [-0.4, -0.2) is 23.5 Å². The summed E-state index contributed by atoms with van der Waals surface area (Å²) < 4.78 is 5.57. The maximum atomic E-state index is 5.57. The van der Waals surface area contributed by atoms with E-state index in [1.165, 1.54) is 10.4 Å². The monoisotopic (exact) mass is 293 g/mol. The van der Waals surface area contributed by atoms with E-state index in [1.807, 2.05) is 5.51 Å². The highest BCUT2D eigenvalue weighted by Gasteiger charge is 2.11. The van der Waals surface area contributed by atoms with Crippen LogP contribution < -0.4 is 5.32 Å². The third kappa shape index (κ3) is 4.16. The molecule has 5 heteroatoms. The first-order valence-electron chi connectivity index (χ1n) is 7.04. The number of aromatic nitrogens is 1. The summed E-state index contributed by atoms with van der Waals surface area (Å²) in [7, 11) is 2.13. The minimum Gasteiger partial charge on any atom is -0.468 e. The Hall–Kier alpha value is -1.17. The zero-order valence-corrected chi connectivity index (χ0v) is 13.3. The number of nitrogens with one attached hydrogen (secondary N) is 1. The van der Waals surface area contributed by atoms with Gasteiger partial charge in [0.2, 0.25) is 0 Å². The number of hydrogen-bond acceptors (Lipinski definition) is 5. The third-order valence-electron chi connectivity index (χ3n) is 3.25. The first kappa shape index (κ1) is 15.2. The Bertz CT molecular complexity index is 521. The fraction of sp³-hybridized carbons (Fsp3) is 0.533. The predicted molar refractivity (Wildman–Crippen MR) is 82.7 cm³/mol. The van der Waals surface area contributed by atoms with Gasteiger partial charge in [0.25, 0.3) is 0 Å². The molecule has 0 aliphatic heterocycles. The quantitative estimate of drug-likeness (QED) is 0.759. The summed E-state index contributed by atoms with van der Waals surface area (Å²) in [4.78, 5) is 7.93. The van der Waals surface area contributed by atoms with Gasteiger partial charge in [-0.1, -0.05) is 6.92 Å². The van der Waals surface area contributed by atoms with Gasteiger partial charge in [-0.05, 0) is 33.0 Å². The van der Waals surface area contributed by atoms with Crippen molar-refractivity contribution in [1.29, 1.82) is 0 Å². The lowest BCUT2D eigenvalue weighted by Crippen LogP contribution is -2.19. The van der Waals surface area contributed by atoms with E-state index in [-0.39, 0.29) is 0 Å². The minimum atomic E-state index is 0.809. The van der Waals surface area contributed by atoms with Crippen molar-refractivity contribution in [2.24, 2.45) is 0 Å².